The fourth-order valence-electron chi connectivity index (χ4n) is 2.90. The number of likely N-dealkylation sites (N-methyl/N-ethyl adjacent to an activating group) is 1. The molecular formula is C18H23N5O. The van der Waals surface area contributed by atoms with E-state index in [-0.39, 0.29) is 5.91 Å². The number of hydrogen-bond donors (Lipinski definition) is 0. The second-order valence-electron chi connectivity index (χ2n) is 6.18. The Morgan fingerprint density at radius 3 is 2.62 bits per heavy atom. The Labute approximate surface area is 142 Å². The number of pyridine rings is 1. The lowest BCUT2D eigenvalue weighted by Gasteiger charge is -2.20. The second kappa shape index (κ2) is 7.38. The predicted octanol–water partition coefficient (Wildman–Crippen LogP) is 2.09. The van der Waals surface area contributed by atoms with Gasteiger partial charge in [-0.25, -0.2) is 9.97 Å². The predicted molar refractivity (Wildman–Crippen MR) is 93.1 cm³/mol. The van der Waals surface area contributed by atoms with Gasteiger partial charge >= 0.3 is 0 Å². The van der Waals surface area contributed by atoms with Gasteiger partial charge < -0.3 is 9.80 Å². The van der Waals surface area contributed by atoms with Crippen LogP contribution < -0.4 is 4.90 Å². The van der Waals surface area contributed by atoms with Crippen LogP contribution in [0.25, 0.3) is 0 Å². The highest BCUT2D eigenvalue weighted by molar-refractivity contribution is 5.93. The molecule has 0 atom stereocenters. The summed E-state index contributed by atoms with van der Waals surface area (Å²) in [5.74, 6) is 1.44. The Kier molecular flexibility index (Phi) is 5.03. The second-order valence-corrected chi connectivity index (χ2v) is 6.18. The van der Waals surface area contributed by atoms with E-state index < -0.39 is 0 Å². The molecule has 6 nitrogen and oxygen atoms in total. The third kappa shape index (κ3) is 3.88. The highest BCUT2D eigenvalue weighted by Crippen LogP contribution is 2.16. The summed E-state index contributed by atoms with van der Waals surface area (Å²) >= 11 is 0. The van der Waals surface area contributed by atoms with Crippen LogP contribution in [0.2, 0.25) is 0 Å². The van der Waals surface area contributed by atoms with Crippen molar-refractivity contribution in [3.8, 4) is 0 Å². The van der Waals surface area contributed by atoms with Crippen LogP contribution in [-0.4, -0.2) is 52.4 Å². The van der Waals surface area contributed by atoms with Gasteiger partial charge in [0.1, 0.15) is 17.3 Å². The number of hydrogen-bond acceptors (Lipinski definition) is 5. The number of carbonyl (C=O) groups excluding carboxylic acids is 1. The summed E-state index contributed by atoms with van der Waals surface area (Å²) in [4.78, 5) is 29.4. The van der Waals surface area contributed by atoms with Crippen molar-refractivity contribution < 1.29 is 4.79 Å². The largest absolute Gasteiger partial charge is 0.359 e. The number of carbonyl (C=O) groups is 1. The molecule has 0 saturated carbocycles. The molecule has 0 bridgehead atoms. The lowest BCUT2D eigenvalue weighted by Crippen LogP contribution is -2.29. The third-order valence-corrected chi connectivity index (χ3v) is 4.31. The maximum Gasteiger partial charge on any atom is 0.272 e. The molecule has 0 aromatic carbocycles. The summed E-state index contributed by atoms with van der Waals surface area (Å²) in [5, 5.41) is 0. The first-order chi connectivity index (χ1) is 11.6. The molecule has 3 rings (SSSR count). The van der Waals surface area contributed by atoms with Gasteiger partial charge in [-0.3, -0.25) is 9.78 Å². The van der Waals surface area contributed by atoms with Crippen LogP contribution in [-0.2, 0) is 6.42 Å². The summed E-state index contributed by atoms with van der Waals surface area (Å²) in [6, 6.07) is 5.84. The first-order valence-electron chi connectivity index (χ1n) is 8.38. The number of anilines is 1. The molecule has 6 heteroatoms. The Bertz CT molecular complexity index is 698. The SMILES string of the molecule is Cc1nc(C(=O)N2CCCC2)cc(N(C)CCc2ccncc2)n1. The van der Waals surface area contributed by atoms with Crippen molar-refractivity contribution in [1.82, 2.24) is 19.9 Å². The van der Waals surface area contributed by atoms with Crippen molar-refractivity contribution in [3.05, 3.63) is 47.7 Å². The van der Waals surface area contributed by atoms with E-state index in [1.165, 1.54) is 5.56 Å². The van der Waals surface area contributed by atoms with Crippen molar-refractivity contribution >= 4 is 11.7 Å². The lowest BCUT2D eigenvalue weighted by molar-refractivity contribution is 0.0786. The molecule has 1 aliphatic heterocycles. The van der Waals surface area contributed by atoms with Crippen molar-refractivity contribution in [2.75, 3.05) is 31.6 Å². The fraction of sp³-hybridized carbons (Fsp3) is 0.444. The summed E-state index contributed by atoms with van der Waals surface area (Å²) in [5.41, 5.74) is 1.73. The Morgan fingerprint density at radius 2 is 1.92 bits per heavy atom. The molecule has 0 radical (unpaired) electrons. The molecule has 1 amide bonds. The van der Waals surface area contributed by atoms with Crippen LogP contribution in [0.3, 0.4) is 0 Å². The van der Waals surface area contributed by atoms with Gasteiger partial charge in [-0.2, -0.15) is 0 Å². The van der Waals surface area contributed by atoms with E-state index in [4.69, 9.17) is 0 Å². The van der Waals surface area contributed by atoms with Gasteiger partial charge in [0.25, 0.3) is 5.91 Å². The molecule has 0 N–H and O–H groups in total. The van der Waals surface area contributed by atoms with E-state index >= 15 is 0 Å². The minimum absolute atomic E-state index is 0.0155. The van der Waals surface area contributed by atoms with Crippen molar-refractivity contribution in [2.45, 2.75) is 26.2 Å². The first kappa shape index (κ1) is 16.4. The molecule has 1 fully saturated rings. The minimum Gasteiger partial charge on any atom is -0.359 e. The molecule has 1 saturated heterocycles. The summed E-state index contributed by atoms with van der Waals surface area (Å²) < 4.78 is 0. The molecule has 3 heterocycles. The van der Waals surface area contributed by atoms with Gasteiger partial charge in [0, 0.05) is 45.1 Å². The van der Waals surface area contributed by atoms with Crippen LogP contribution in [0.4, 0.5) is 5.82 Å². The van der Waals surface area contributed by atoms with E-state index in [1.807, 2.05) is 31.0 Å². The average Bonchev–Trinajstić information content (AvgIpc) is 3.14. The monoisotopic (exact) mass is 325 g/mol. The lowest BCUT2D eigenvalue weighted by atomic mass is 10.2. The molecule has 0 aliphatic carbocycles. The third-order valence-electron chi connectivity index (χ3n) is 4.31. The summed E-state index contributed by atoms with van der Waals surface area (Å²) in [6.07, 6.45) is 6.66. The quantitative estimate of drug-likeness (QED) is 0.842. The van der Waals surface area contributed by atoms with Crippen molar-refractivity contribution in [1.29, 1.82) is 0 Å². The molecule has 126 valence electrons. The smallest absolute Gasteiger partial charge is 0.272 e. The number of rotatable bonds is 5. The van der Waals surface area contributed by atoms with E-state index in [2.05, 4.69) is 19.9 Å². The number of likely N-dealkylation sites (tertiary alicyclic amines) is 1. The molecule has 2 aromatic heterocycles. The van der Waals surface area contributed by atoms with E-state index in [0.29, 0.717) is 11.5 Å². The van der Waals surface area contributed by atoms with Gasteiger partial charge in [-0.15, -0.1) is 0 Å². The van der Waals surface area contributed by atoms with Crippen LogP contribution in [0.15, 0.2) is 30.6 Å². The summed E-state index contributed by atoms with van der Waals surface area (Å²) in [7, 11) is 1.99. The van der Waals surface area contributed by atoms with E-state index in [1.54, 1.807) is 18.5 Å². The van der Waals surface area contributed by atoms with Gasteiger partial charge in [-0.1, -0.05) is 0 Å². The highest BCUT2D eigenvalue weighted by atomic mass is 16.2. The first-order valence-corrected chi connectivity index (χ1v) is 8.38. The number of aromatic nitrogens is 3. The minimum atomic E-state index is 0.0155. The zero-order valence-electron chi connectivity index (χ0n) is 14.3. The molecule has 1 aliphatic rings. The number of amides is 1. The van der Waals surface area contributed by atoms with E-state index in [9.17, 15) is 4.79 Å². The number of nitrogens with zero attached hydrogens (tertiary/aromatic N) is 5. The maximum atomic E-state index is 12.6. The highest BCUT2D eigenvalue weighted by Gasteiger charge is 2.22. The van der Waals surface area contributed by atoms with Crippen LogP contribution >= 0.6 is 0 Å². The Morgan fingerprint density at radius 1 is 1.21 bits per heavy atom. The van der Waals surface area contributed by atoms with Gasteiger partial charge in [0.2, 0.25) is 0 Å². The Hall–Kier alpha value is -2.50. The topological polar surface area (TPSA) is 62.2 Å². The molecule has 24 heavy (non-hydrogen) atoms. The zero-order chi connectivity index (χ0) is 16.9. The zero-order valence-corrected chi connectivity index (χ0v) is 14.3. The van der Waals surface area contributed by atoms with Crippen molar-refractivity contribution in [3.63, 3.8) is 0 Å². The van der Waals surface area contributed by atoms with Gasteiger partial charge in [-0.05, 0) is 43.9 Å². The molecule has 0 unspecified atom stereocenters. The average molecular weight is 325 g/mol. The van der Waals surface area contributed by atoms with Gasteiger partial charge in [0.05, 0.1) is 0 Å². The van der Waals surface area contributed by atoms with E-state index in [0.717, 1.165) is 44.7 Å². The van der Waals surface area contributed by atoms with Crippen LogP contribution in [0.1, 0.15) is 34.7 Å². The number of aryl methyl sites for hydroxylation is 1. The Balaban J connectivity index is 1.71. The maximum absolute atomic E-state index is 12.6. The summed E-state index contributed by atoms with van der Waals surface area (Å²) in [6.45, 7) is 4.31. The molecule has 0 spiro atoms. The fourth-order valence-corrected chi connectivity index (χ4v) is 2.90. The molecular weight excluding hydrogens is 302 g/mol. The standard InChI is InChI=1S/C18H23N5O/c1-14-20-16(18(24)23-10-3-4-11-23)13-17(21-14)22(2)12-7-15-5-8-19-9-6-15/h5-6,8-9,13H,3-4,7,10-12H2,1-2H3. The normalized spacial score (nSPS) is 14.0. The van der Waals surface area contributed by atoms with Gasteiger partial charge in [0.15, 0.2) is 0 Å². The van der Waals surface area contributed by atoms with Crippen LogP contribution in [0, 0.1) is 6.92 Å². The van der Waals surface area contributed by atoms with Crippen molar-refractivity contribution in [2.24, 2.45) is 0 Å². The molecule has 2 aromatic rings. The van der Waals surface area contributed by atoms with Crippen LogP contribution in [0.5, 0.6) is 0 Å².